The van der Waals surface area contributed by atoms with Crippen LogP contribution in [-0.2, 0) is 9.59 Å². The Balaban J connectivity index is 1.63. The molecule has 3 amide bonds. The number of amides is 3. The summed E-state index contributed by atoms with van der Waals surface area (Å²) in [7, 11) is 0. The molecule has 33 heavy (non-hydrogen) atoms. The molecular weight excluding hydrogens is 424 g/mol. The van der Waals surface area contributed by atoms with Gasteiger partial charge in [-0.25, -0.2) is 5.43 Å². The first-order valence-electron chi connectivity index (χ1n) is 10.0. The number of rotatable bonds is 7. The highest BCUT2D eigenvalue weighted by Crippen LogP contribution is 2.20. The number of carbonyl (C=O) groups is 3. The monoisotopic (exact) mass is 446 g/mol. The summed E-state index contributed by atoms with van der Waals surface area (Å²) in [5.41, 5.74) is 3.32. The molecule has 0 unspecified atom stereocenters. The summed E-state index contributed by atoms with van der Waals surface area (Å²) < 4.78 is 5.37. The van der Waals surface area contributed by atoms with Gasteiger partial charge in [0.1, 0.15) is 11.5 Å². The van der Waals surface area contributed by atoms with E-state index in [0.29, 0.717) is 23.6 Å². The minimum absolute atomic E-state index is 0.0209. The molecule has 168 valence electrons. The number of phenols is 1. The van der Waals surface area contributed by atoms with Crippen LogP contribution in [-0.4, -0.2) is 35.6 Å². The maximum Gasteiger partial charge on any atom is 0.329 e. The minimum Gasteiger partial charge on any atom is -0.507 e. The SMILES string of the molecule is CCOc1ccc(NC(=O)c2ccccc2NC(=O)C(=O)N/N=C/c2ccccc2O)cc1. The molecule has 0 radical (unpaired) electrons. The van der Waals surface area contributed by atoms with Crippen molar-refractivity contribution < 1.29 is 24.2 Å². The third-order valence-corrected chi connectivity index (χ3v) is 4.36. The fraction of sp³-hybridized carbons (Fsp3) is 0.0833. The molecule has 0 spiro atoms. The van der Waals surface area contributed by atoms with Crippen LogP contribution in [0.4, 0.5) is 11.4 Å². The third kappa shape index (κ3) is 6.41. The lowest BCUT2D eigenvalue weighted by molar-refractivity contribution is -0.136. The molecule has 0 bridgehead atoms. The van der Waals surface area contributed by atoms with Crippen molar-refractivity contribution in [1.29, 1.82) is 0 Å². The van der Waals surface area contributed by atoms with Gasteiger partial charge in [-0.1, -0.05) is 24.3 Å². The smallest absolute Gasteiger partial charge is 0.329 e. The number of hydrazone groups is 1. The van der Waals surface area contributed by atoms with E-state index in [1.54, 1.807) is 54.6 Å². The molecule has 0 atom stereocenters. The number of ether oxygens (including phenoxy) is 1. The molecule has 0 fully saturated rings. The molecule has 0 aromatic heterocycles. The van der Waals surface area contributed by atoms with Crippen molar-refractivity contribution in [1.82, 2.24) is 5.43 Å². The highest BCUT2D eigenvalue weighted by Gasteiger charge is 2.18. The summed E-state index contributed by atoms with van der Waals surface area (Å²) in [5, 5.41) is 18.5. The number of carbonyl (C=O) groups excluding carboxylic acids is 3. The summed E-state index contributed by atoms with van der Waals surface area (Å²) >= 11 is 0. The summed E-state index contributed by atoms with van der Waals surface area (Å²) in [4.78, 5) is 37.0. The lowest BCUT2D eigenvalue weighted by Gasteiger charge is -2.11. The molecule has 0 aliphatic carbocycles. The van der Waals surface area contributed by atoms with E-state index >= 15 is 0 Å². The van der Waals surface area contributed by atoms with Crippen molar-refractivity contribution in [3.63, 3.8) is 0 Å². The molecule has 0 aliphatic heterocycles. The Labute approximate surface area is 190 Å². The number of hydrogen-bond acceptors (Lipinski definition) is 6. The molecule has 0 saturated heterocycles. The number of benzene rings is 3. The van der Waals surface area contributed by atoms with E-state index in [1.807, 2.05) is 6.92 Å². The van der Waals surface area contributed by atoms with Crippen molar-refractivity contribution >= 4 is 35.3 Å². The van der Waals surface area contributed by atoms with E-state index in [2.05, 4.69) is 21.2 Å². The predicted octanol–water partition coefficient (Wildman–Crippen LogP) is 3.13. The van der Waals surface area contributed by atoms with Gasteiger partial charge in [-0.3, -0.25) is 14.4 Å². The van der Waals surface area contributed by atoms with Crippen LogP contribution in [0.3, 0.4) is 0 Å². The number of para-hydroxylation sites is 2. The number of nitrogens with one attached hydrogen (secondary N) is 3. The van der Waals surface area contributed by atoms with E-state index < -0.39 is 17.7 Å². The summed E-state index contributed by atoms with van der Waals surface area (Å²) in [6.07, 6.45) is 1.21. The zero-order chi connectivity index (χ0) is 23.6. The molecule has 9 nitrogen and oxygen atoms in total. The van der Waals surface area contributed by atoms with Gasteiger partial charge in [-0.05, 0) is 55.5 Å². The van der Waals surface area contributed by atoms with Crippen LogP contribution in [0.1, 0.15) is 22.8 Å². The molecule has 0 aliphatic rings. The average molecular weight is 446 g/mol. The van der Waals surface area contributed by atoms with Gasteiger partial charge in [0.25, 0.3) is 5.91 Å². The van der Waals surface area contributed by atoms with Gasteiger partial charge in [0.15, 0.2) is 0 Å². The molecule has 0 heterocycles. The summed E-state index contributed by atoms with van der Waals surface area (Å²) in [6, 6.07) is 19.5. The molecule has 0 saturated carbocycles. The van der Waals surface area contributed by atoms with Gasteiger partial charge >= 0.3 is 11.8 Å². The lowest BCUT2D eigenvalue weighted by atomic mass is 10.1. The van der Waals surface area contributed by atoms with E-state index in [0.717, 1.165) is 0 Å². The van der Waals surface area contributed by atoms with Crippen molar-refractivity contribution in [3.8, 4) is 11.5 Å². The Morgan fingerprint density at radius 2 is 1.61 bits per heavy atom. The largest absolute Gasteiger partial charge is 0.507 e. The second-order valence-corrected chi connectivity index (χ2v) is 6.67. The van der Waals surface area contributed by atoms with Gasteiger partial charge in [0.2, 0.25) is 0 Å². The van der Waals surface area contributed by atoms with E-state index in [-0.39, 0.29) is 17.0 Å². The van der Waals surface area contributed by atoms with E-state index in [1.165, 1.54) is 24.4 Å². The maximum absolute atomic E-state index is 12.7. The average Bonchev–Trinajstić information content (AvgIpc) is 2.82. The van der Waals surface area contributed by atoms with Crippen LogP contribution in [0.2, 0.25) is 0 Å². The zero-order valence-corrected chi connectivity index (χ0v) is 17.7. The van der Waals surface area contributed by atoms with Crippen LogP contribution in [0, 0.1) is 0 Å². The van der Waals surface area contributed by atoms with Gasteiger partial charge in [-0.2, -0.15) is 5.10 Å². The molecule has 3 aromatic rings. The van der Waals surface area contributed by atoms with Crippen molar-refractivity contribution in [2.24, 2.45) is 5.10 Å². The number of hydrogen-bond donors (Lipinski definition) is 4. The fourth-order valence-electron chi connectivity index (χ4n) is 2.78. The first kappa shape index (κ1) is 23.0. The number of aromatic hydroxyl groups is 1. The molecular formula is C24H22N4O5. The Kier molecular flexibility index (Phi) is 7.74. The van der Waals surface area contributed by atoms with E-state index in [4.69, 9.17) is 4.74 Å². The number of nitrogens with zero attached hydrogens (tertiary/aromatic N) is 1. The van der Waals surface area contributed by atoms with Gasteiger partial charge in [-0.15, -0.1) is 0 Å². The topological polar surface area (TPSA) is 129 Å². The van der Waals surface area contributed by atoms with Crippen LogP contribution in [0.15, 0.2) is 77.9 Å². The van der Waals surface area contributed by atoms with Crippen LogP contribution in [0.25, 0.3) is 0 Å². The summed E-state index contributed by atoms with van der Waals surface area (Å²) in [6.45, 7) is 2.41. The second-order valence-electron chi connectivity index (χ2n) is 6.67. The molecule has 3 rings (SSSR count). The molecule has 4 N–H and O–H groups in total. The third-order valence-electron chi connectivity index (χ3n) is 4.36. The van der Waals surface area contributed by atoms with Gasteiger partial charge in [0.05, 0.1) is 24.1 Å². The Morgan fingerprint density at radius 1 is 0.909 bits per heavy atom. The minimum atomic E-state index is -1.04. The highest BCUT2D eigenvalue weighted by molar-refractivity contribution is 6.40. The quantitative estimate of drug-likeness (QED) is 0.252. The Morgan fingerprint density at radius 3 is 2.33 bits per heavy atom. The Hall–Kier alpha value is -4.66. The normalized spacial score (nSPS) is 10.5. The van der Waals surface area contributed by atoms with Crippen LogP contribution >= 0.6 is 0 Å². The molecule has 3 aromatic carbocycles. The van der Waals surface area contributed by atoms with Gasteiger partial charge in [0, 0.05) is 11.3 Å². The standard InChI is InChI=1S/C24H22N4O5/c1-2-33-18-13-11-17(12-14-18)26-22(30)19-8-4-5-9-20(19)27-23(31)24(32)28-25-15-16-7-3-6-10-21(16)29/h3-15,29H,2H2,1H3,(H,26,30)(H,27,31)(H,28,32)/b25-15+. The van der Waals surface area contributed by atoms with Gasteiger partial charge < -0.3 is 20.5 Å². The summed E-state index contributed by atoms with van der Waals surface area (Å²) in [5.74, 6) is -1.85. The lowest BCUT2D eigenvalue weighted by Crippen LogP contribution is -2.33. The van der Waals surface area contributed by atoms with Crippen LogP contribution in [0.5, 0.6) is 11.5 Å². The van der Waals surface area contributed by atoms with Crippen molar-refractivity contribution in [2.75, 3.05) is 17.2 Å². The van der Waals surface area contributed by atoms with Crippen molar-refractivity contribution in [3.05, 3.63) is 83.9 Å². The second kappa shape index (κ2) is 11.1. The molecule has 9 heteroatoms. The van der Waals surface area contributed by atoms with Crippen molar-refractivity contribution in [2.45, 2.75) is 6.92 Å². The Bertz CT molecular complexity index is 1180. The first-order valence-corrected chi connectivity index (χ1v) is 10.0. The maximum atomic E-state index is 12.7. The van der Waals surface area contributed by atoms with Crippen LogP contribution < -0.4 is 20.8 Å². The number of phenolic OH excluding ortho intramolecular Hbond substituents is 1. The zero-order valence-electron chi connectivity index (χ0n) is 17.7. The predicted molar refractivity (Wildman–Crippen MR) is 124 cm³/mol. The highest BCUT2D eigenvalue weighted by atomic mass is 16.5. The number of anilines is 2. The fourth-order valence-corrected chi connectivity index (χ4v) is 2.78. The van der Waals surface area contributed by atoms with E-state index in [9.17, 15) is 19.5 Å². The first-order chi connectivity index (χ1) is 16.0.